The summed E-state index contributed by atoms with van der Waals surface area (Å²) in [5, 5.41) is 9.38. The highest BCUT2D eigenvalue weighted by Gasteiger charge is 2.21. The highest BCUT2D eigenvalue weighted by molar-refractivity contribution is 8.00. The van der Waals surface area contributed by atoms with E-state index >= 15 is 0 Å². The molecule has 5 nitrogen and oxygen atoms in total. The molecule has 2 heterocycles. The van der Waals surface area contributed by atoms with E-state index in [1.54, 1.807) is 18.3 Å². The SMILES string of the molecule is C[C@@H](Sc1nc2sc3c(c2c(=O)[nH]1)CCCC3)C(=O)O. The lowest BCUT2D eigenvalue weighted by molar-refractivity contribution is -0.136. The number of carboxylic acid groups (broad SMARTS) is 1. The molecule has 0 saturated carbocycles. The van der Waals surface area contributed by atoms with Gasteiger partial charge in [0.1, 0.15) is 10.1 Å². The van der Waals surface area contributed by atoms with Crippen LogP contribution in [-0.2, 0) is 17.6 Å². The molecule has 0 fully saturated rings. The van der Waals surface area contributed by atoms with Gasteiger partial charge in [-0.15, -0.1) is 11.3 Å². The topological polar surface area (TPSA) is 83.0 Å². The maximum absolute atomic E-state index is 12.2. The third-order valence-electron chi connectivity index (χ3n) is 3.44. The first-order valence-electron chi connectivity index (χ1n) is 6.50. The van der Waals surface area contributed by atoms with Crippen molar-refractivity contribution in [3.63, 3.8) is 0 Å². The molecule has 1 aliphatic carbocycles. The van der Waals surface area contributed by atoms with Gasteiger partial charge in [-0.2, -0.15) is 0 Å². The minimum Gasteiger partial charge on any atom is -0.480 e. The van der Waals surface area contributed by atoms with E-state index in [1.807, 2.05) is 0 Å². The molecule has 1 atom stereocenters. The molecular formula is C13H14N2O3S2. The number of nitrogens with one attached hydrogen (secondary N) is 1. The molecule has 2 aromatic rings. The largest absolute Gasteiger partial charge is 0.480 e. The third-order valence-corrected chi connectivity index (χ3v) is 5.60. The van der Waals surface area contributed by atoms with Gasteiger partial charge in [0, 0.05) is 4.88 Å². The zero-order valence-electron chi connectivity index (χ0n) is 10.9. The normalized spacial score (nSPS) is 16.1. The summed E-state index contributed by atoms with van der Waals surface area (Å²) in [4.78, 5) is 32.2. The number of thioether (sulfide) groups is 1. The number of fused-ring (bicyclic) bond motifs is 3. The third kappa shape index (κ3) is 2.35. The quantitative estimate of drug-likeness (QED) is 0.672. The fourth-order valence-electron chi connectivity index (χ4n) is 2.42. The van der Waals surface area contributed by atoms with Crippen LogP contribution in [0.3, 0.4) is 0 Å². The second-order valence-electron chi connectivity index (χ2n) is 4.86. The Bertz CT molecular complexity index is 735. The number of carbonyl (C=O) groups is 1. The van der Waals surface area contributed by atoms with Crippen LogP contribution in [0.5, 0.6) is 0 Å². The molecule has 0 unspecified atom stereocenters. The van der Waals surface area contributed by atoms with Crippen molar-refractivity contribution in [3.8, 4) is 0 Å². The highest BCUT2D eigenvalue weighted by atomic mass is 32.2. The Kier molecular flexibility index (Phi) is 3.55. The molecule has 20 heavy (non-hydrogen) atoms. The van der Waals surface area contributed by atoms with Crippen LogP contribution in [0.1, 0.15) is 30.2 Å². The number of hydrogen-bond donors (Lipinski definition) is 2. The number of hydrogen-bond acceptors (Lipinski definition) is 5. The lowest BCUT2D eigenvalue weighted by atomic mass is 9.97. The number of aryl methyl sites for hydroxylation is 2. The number of thiophene rings is 1. The number of H-pyrrole nitrogens is 1. The molecule has 1 aliphatic rings. The summed E-state index contributed by atoms with van der Waals surface area (Å²) >= 11 is 2.64. The molecule has 0 amide bonds. The van der Waals surface area contributed by atoms with Gasteiger partial charge in [-0.25, -0.2) is 4.98 Å². The summed E-state index contributed by atoms with van der Waals surface area (Å²) in [6.07, 6.45) is 4.24. The van der Waals surface area contributed by atoms with Gasteiger partial charge in [-0.05, 0) is 38.2 Å². The van der Waals surface area contributed by atoms with E-state index < -0.39 is 11.2 Å². The molecular weight excluding hydrogens is 296 g/mol. The van der Waals surface area contributed by atoms with Crippen LogP contribution in [0.25, 0.3) is 10.2 Å². The smallest absolute Gasteiger partial charge is 0.316 e. The van der Waals surface area contributed by atoms with Crippen molar-refractivity contribution in [2.45, 2.75) is 43.0 Å². The zero-order valence-corrected chi connectivity index (χ0v) is 12.6. The van der Waals surface area contributed by atoms with Crippen molar-refractivity contribution in [3.05, 3.63) is 20.8 Å². The standard InChI is InChI=1S/C13H14N2O3S2/c1-6(12(17)18)19-13-14-10(16)9-7-4-2-3-5-8(7)20-11(9)15-13/h6H,2-5H2,1H3,(H,17,18)(H,14,15,16)/t6-/m1/s1. The molecule has 0 spiro atoms. The fraction of sp³-hybridized carbons (Fsp3) is 0.462. The average molecular weight is 310 g/mol. The molecule has 0 saturated heterocycles. The number of rotatable bonds is 3. The predicted octanol–water partition coefficient (Wildman–Crippen LogP) is 2.43. The maximum Gasteiger partial charge on any atom is 0.316 e. The van der Waals surface area contributed by atoms with Crippen LogP contribution in [0.4, 0.5) is 0 Å². The first kappa shape index (κ1) is 13.6. The molecule has 3 rings (SSSR count). The number of aromatic nitrogens is 2. The summed E-state index contributed by atoms with van der Waals surface area (Å²) < 4.78 is 0. The van der Waals surface area contributed by atoms with Crippen molar-refractivity contribution in [2.24, 2.45) is 0 Å². The molecule has 106 valence electrons. The van der Waals surface area contributed by atoms with Crippen molar-refractivity contribution in [1.29, 1.82) is 0 Å². The van der Waals surface area contributed by atoms with Crippen LogP contribution >= 0.6 is 23.1 Å². The van der Waals surface area contributed by atoms with Crippen LogP contribution in [0.15, 0.2) is 9.95 Å². The van der Waals surface area contributed by atoms with E-state index in [1.165, 1.54) is 4.88 Å². The second-order valence-corrected chi connectivity index (χ2v) is 7.27. The zero-order chi connectivity index (χ0) is 14.3. The maximum atomic E-state index is 12.2. The van der Waals surface area contributed by atoms with E-state index in [0.717, 1.165) is 47.8 Å². The van der Waals surface area contributed by atoms with Crippen LogP contribution < -0.4 is 5.56 Å². The summed E-state index contributed by atoms with van der Waals surface area (Å²) in [5.74, 6) is -0.914. The first-order chi connectivity index (χ1) is 9.56. The molecule has 2 aromatic heterocycles. The van der Waals surface area contributed by atoms with E-state index in [-0.39, 0.29) is 5.56 Å². The molecule has 2 N–H and O–H groups in total. The van der Waals surface area contributed by atoms with E-state index in [9.17, 15) is 9.59 Å². The van der Waals surface area contributed by atoms with Crippen LogP contribution in [0.2, 0.25) is 0 Å². The Morgan fingerprint density at radius 2 is 2.20 bits per heavy atom. The Morgan fingerprint density at radius 1 is 1.45 bits per heavy atom. The van der Waals surface area contributed by atoms with Crippen molar-refractivity contribution < 1.29 is 9.90 Å². The van der Waals surface area contributed by atoms with Crippen molar-refractivity contribution in [1.82, 2.24) is 9.97 Å². The second kappa shape index (κ2) is 5.21. The summed E-state index contributed by atoms with van der Waals surface area (Å²) in [6.45, 7) is 1.58. The molecule has 0 aliphatic heterocycles. The van der Waals surface area contributed by atoms with Gasteiger partial charge in [0.2, 0.25) is 0 Å². The summed E-state index contributed by atoms with van der Waals surface area (Å²) in [5.41, 5.74) is 1.00. The van der Waals surface area contributed by atoms with Gasteiger partial charge >= 0.3 is 5.97 Å². The predicted molar refractivity (Wildman–Crippen MR) is 79.8 cm³/mol. The molecule has 0 radical (unpaired) electrons. The molecule has 7 heteroatoms. The summed E-state index contributed by atoms with van der Waals surface area (Å²) in [6, 6.07) is 0. The number of carboxylic acids is 1. The van der Waals surface area contributed by atoms with E-state index in [0.29, 0.717) is 10.5 Å². The van der Waals surface area contributed by atoms with Crippen molar-refractivity contribution >= 4 is 39.3 Å². The molecule has 0 aromatic carbocycles. The average Bonchev–Trinajstić information content (AvgIpc) is 2.76. The lowest BCUT2D eigenvalue weighted by Gasteiger charge is -2.09. The van der Waals surface area contributed by atoms with Gasteiger partial charge in [0.05, 0.1) is 5.39 Å². The number of nitrogens with zero attached hydrogens (tertiary/aromatic N) is 1. The van der Waals surface area contributed by atoms with E-state index in [4.69, 9.17) is 5.11 Å². The first-order valence-corrected chi connectivity index (χ1v) is 8.20. The van der Waals surface area contributed by atoms with E-state index in [2.05, 4.69) is 9.97 Å². The summed E-state index contributed by atoms with van der Waals surface area (Å²) in [7, 11) is 0. The fourth-order valence-corrected chi connectivity index (χ4v) is 4.47. The Labute approximate surface area is 123 Å². The highest BCUT2D eigenvalue weighted by Crippen LogP contribution is 2.34. The monoisotopic (exact) mass is 310 g/mol. The van der Waals surface area contributed by atoms with Gasteiger partial charge in [0.15, 0.2) is 5.16 Å². The minimum absolute atomic E-state index is 0.144. The van der Waals surface area contributed by atoms with Crippen LogP contribution in [-0.4, -0.2) is 26.3 Å². The Morgan fingerprint density at radius 3 is 2.95 bits per heavy atom. The van der Waals surface area contributed by atoms with Crippen LogP contribution in [0, 0.1) is 0 Å². The van der Waals surface area contributed by atoms with Crippen molar-refractivity contribution in [2.75, 3.05) is 0 Å². The van der Waals surface area contributed by atoms with Gasteiger partial charge in [0.25, 0.3) is 5.56 Å². The van der Waals surface area contributed by atoms with Gasteiger partial charge in [-0.3, -0.25) is 9.59 Å². The Balaban J connectivity index is 2.06. The number of aliphatic carboxylic acids is 1. The minimum atomic E-state index is -0.914. The number of aromatic amines is 1. The van der Waals surface area contributed by atoms with Gasteiger partial charge in [-0.1, -0.05) is 11.8 Å². The molecule has 0 bridgehead atoms. The van der Waals surface area contributed by atoms with Gasteiger partial charge < -0.3 is 10.1 Å². The Hall–Kier alpha value is -1.34. The lowest BCUT2D eigenvalue weighted by Crippen LogP contribution is -2.15.